The van der Waals surface area contributed by atoms with Crippen LogP contribution in [0.2, 0.25) is 0 Å². The molecule has 0 aliphatic rings. The Hall–Kier alpha value is 0.310. The minimum absolute atomic E-state index is 0. The first-order valence-electron chi connectivity index (χ1n) is 3.80. The first-order chi connectivity index (χ1) is 5.02. The van der Waals surface area contributed by atoms with Crippen LogP contribution in [0.4, 0.5) is 0 Å². The molecule has 0 unspecified atom stereocenters. The van der Waals surface area contributed by atoms with Crippen molar-refractivity contribution < 1.29 is 22.4 Å². The van der Waals surface area contributed by atoms with Gasteiger partial charge in [-0.2, -0.15) is 0 Å². The van der Waals surface area contributed by atoms with E-state index in [4.69, 9.17) is 0 Å². The fourth-order valence-corrected chi connectivity index (χ4v) is 1.60. The van der Waals surface area contributed by atoms with Crippen LogP contribution in [0.3, 0.4) is 0 Å². The van der Waals surface area contributed by atoms with E-state index in [1.807, 2.05) is 12.1 Å². The molecule has 0 nitrogen and oxygen atoms in total. The molecule has 0 aliphatic heterocycles. The summed E-state index contributed by atoms with van der Waals surface area (Å²) in [4.78, 5) is 1.08. The number of benzene rings is 1. The first-order valence-corrected chi connectivity index (χ1v) is 4.25. The number of rotatable bonds is 0. The van der Waals surface area contributed by atoms with Gasteiger partial charge >= 0.3 is 0 Å². The van der Waals surface area contributed by atoms with Crippen LogP contribution in [0.25, 0.3) is 0 Å². The minimum Gasteiger partial charge on any atom is -0.143 e. The fraction of sp³-hybridized carbons (Fsp3) is 0.400. The molecule has 1 aromatic rings. The van der Waals surface area contributed by atoms with Crippen molar-refractivity contribution in [1.29, 1.82) is 0 Å². The van der Waals surface area contributed by atoms with E-state index in [1.165, 1.54) is 5.56 Å². The maximum Gasteiger partial charge on any atom is 0.00773 e. The molecule has 0 fully saturated rings. The molecular formula is C10H14AuS. The topological polar surface area (TPSA) is 0 Å². The number of hydrogen-bond donors (Lipinski definition) is 1. The maximum atomic E-state index is 4.39. The van der Waals surface area contributed by atoms with Crippen LogP contribution in [0, 0.1) is 0 Å². The van der Waals surface area contributed by atoms with E-state index < -0.39 is 0 Å². The second kappa shape index (κ2) is 4.52. The Bertz CT molecular complexity index is 250. The fourth-order valence-electron chi connectivity index (χ4n) is 1.11. The van der Waals surface area contributed by atoms with Crippen molar-refractivity contribution in [2.45, 2.75) is 31.1 Å². The van der Waals surface area contributed by atoms with Crippen molar-refractivity contribution in [3.63, 3.8) is 0 Å². The molecule has 0 saturated heterocycles. The van der Waals surface area contributed by atoms with Crippen LogP contribution in [0.1, 0.15) is 26.3 Å². The van der Waals surface area contributed by atoms with Gasteiger partial charge in [0.15, 0.2) is 0 Å². The molecular weight excluding hydrogens is 349 g/mol. The van der Waals surface area contributed by atoms with Crippen LogP contribution in [0.15, 0.2) is 29.2 Å². The Balaban J connectivity index is 0.00000121. The third kappa shape index (κ3) is 2.98. The second-order valence-corrected chi connectivity index (χ2v) is 4.25. The molecule has 0 amide bonds. The van der Waals surface area contributed by atoms with Gasteiger partial charge in [0.1, 0.15) is 0 Å². The second-order valence-electron chi connectivity index (χ2n) is 3.77. The zero-order valence-corrected chi connectivity index (χ0v) is 10.6. The van der Waals surface area contributed by atoms with Gasteiger partial charge in [-0.15, -0.1) is 12.6 Å². The molecule has 0 spiro atoms. The van der Waals surface area contributed by atoms with E-state index in [0.717, 1.165) is 4.90 Å². The molecule has 0 N–H and O–H groups in total. The summed E-state index contributed by atoms with van der Waals surface area (Å²) in [7, 11) is 0. The summed E-state index contributed by atoms with van der Waals surface area (Å²) in [5, 5.41) is 0. The van der Waals surface area contributed by atoms with Gasteiger partial charge in [-0.3, -0.25) is 0 Å². The molecule has 71 valence electrons. The van der Waals surface area contributed by atoms with Crippen LogP contribution in [-0.4, -0.2) is 0 Å². The molecule has 2 heteroatoms. The zero-order valence-electron chi connectivity index (χ0n) is 7.56. The molecule has 0 saturated carbocycles. The van der Waals surface area contributed by atoms with E-state index in [9.17, 15) is 0 Å². The largest absolute Gasteiger partial charge is 0.143 e. The third-order valence-corrected chi connectivity index (χ3v) is 2.10. The van der Waals surface area contributed by atoms with Crippen LogP contribution in [0.5, 0.6) is 0 Å². The van der Waals surface area contributed by atoms with Crippen LogP contribution >= 0.6 is 12.6 Å². The molecule has 1 radical (unpaired) electrons. The SMILES string of the molecule is CC(C)(C)c1ccccc1S.[Au]. The summed E-state index contributed by atoms with van der Waals surface area (Å²) in [6.45, 7) is 6.59. The summed E-state index contributed by atoms with van der Waals surface area (Å²) in [6, 6.07) is 8.23. The summed E-state index contributed by atoms with van der Waals surface area (Å²) >= 11 is 4.39. The van der Waals surface area contributed by atoms with Crippen LogP contribution < -0.4 is 0 Å². The average Bonchev–Trinajstić information content (AvgIpc) is 1.86. The van der Waals surface area contributed by atoms with E-state index in [1.54, 1.807) is 0 Å². The Morgan fingerprint density at radius 3 is 1.92 bits per heavy atom. The van der Waals surface area contributed by atoms with Gasteiger partial charge in [-0.25, -0.2) is 0 Å². The molecule has 12 heavy (non-hydrogen) atoms. The molecule has 0 bridgehead atoms. The van der Waals surface area contributed by atoms with Crippen molar-refractivity contribution in [1.82, 2.24) is 0 Å². The Labute approximate surface area is 95.7 Å². The van der Waals surface area contributed by atoms with Crippen molar-refractivity contribution in [3.05, 3.63) is 29.8 Å². The summed E-state index contributed by atoms with van der Waals surface area (Å²) in [5.41, 5.74) is 1.52. The van der Waals surface area contributed by atoms with Gasteiger partial charge in [-0.05, 0) is 17.0 Å². The Kier molecular flexibility index (Phi) is 4.64. The normalized spacial score (nSPS) is 10.7. The molecule has 1 aromatic carbocycles. The Morgan fingerprint density at radius 1 is 1.08 bits per heavy atom. The van der Waals surface area contributed by atoms with Crippen molar-refractivity contribution in [2.24, 2.45) is 0 Å². The molecule has 0 atom stereocenters. The van der Waals surface area contributed by atoms with Gasteiger partial charge in [0.05, 0.1) is 0 Å². The molecule has 0 aromatic heterocycles. The van der Waals surface area contributed by atoms with E-state index in [2.05, 4.69) is 45.5 Å². The minimum atomic E-state index is 0. The van der Waals surface area contributed by atoms with Gasteiger partial charge in [0, 0.05) is 27.3 Å². The van der Waals surface area contributed by atoms with E-state index in [-0.39, 0.29) is 27.8 Å². The predicted molar refractivity (Wildman–Crippen MR) is 52.4 cm³/mol. The maximum absolute atomic E-state index is 4.39. The molecule has 0 aliphatic carbocycles. The smallest absolute Gasteiger partial charge is 0.00773 e. The third-order valence-electron chi connectivity index (χ3n) is 1.71. The Morgan fingerprint density at radius 2 is 1.58 bits per heavy atom. The molecule has 1 rings (SSSR count). The van der Waals surface area contributed by atoms with Crippen molar-refractivity contribution in [3.8, 4) is 0 Å². The van der Waals surface area contributed by atoms with E-state index >= 15 is 0 Å². The summed E-state index contributed by atoms with van der Waals surface area (Å²) in [6.07, 6.45) is 0. The van der Waals surface area contributed by atoms with Crippen molar-refractivity contribution in [2.75, 3.05) is 0 Å². The van der Waals surface area contributed by atoms with Gasteiger partial charge in [0.2, 0.25) is 0 Å². The van der Waals surface area contributed by atoms with Crippen molar-refractivity contribution >= 4 is 12.6 Å². The summed E-state index contributed by atoms with van der Waals surface area (Å²) in [5.74, 6) is 0. The quantitative estimate of drug-likeness (QED) is 0.531. The predicted octanol–water partition coefficient (Wildman–Crippen LogP) is 3.27. The van der Waals surface area contributed by atoms with Gasteiger partial charge in [-0.1, -0.05) is 39.0 Å². The monoisotopic (exact) mass is 363 g/mol. The first kappa shape index (κ1) is 12.3. The van der Waals surface area contributed by atoms with Crippen LogP contribution in [-0.2, 0) is 27.8 Å². The van der Waals surface area contributed by atoms with E-state index in [0.29, 0.717) is 0 Å². The molecule has 0 heterocycles. The zero-order chi connectivity index (χ0) is 8.48. The number of thiol groups is 1. The average molecular weight is 363 g/mol. The van der Waals surface area contributed by atoms with Gasteiger partial charge < -0.3 is 0 Å². The van der Waals surface area contributed by atoms with Gasteiger partial charge in [0.25, 0.3) is 0 Å². The standard InChI is InChI=1S/C10H14S.Au/c1-10(2,3)8-6-4-5-7-9(8)11;/h4-7,11H,1-3H3;. The summed E-state index contributed by atoms with van der Waals surface area (Å²) < 4.78 is 0. The number of hydrogen-bond acceptors (Lipinski definition) is 1.